The zero-order chi connectivity index (χ0) is 38.6. The fourth-order valence-electron chi connectivity index (χ4n) is 6.65. The van der Waals surface area contributed by atoms with Gasteiger partial charge in [0.1, 0.15) is 28.1 Å². The van der Waals surface area contributed by atoms with Crippen LogP contribution in [0.5, 0.6) is 11.5 Å². The molecule has 0 bridgehead atoms. The van der Waals surface area contributed by atoms with Gasteiger partial charge in [-0.15, -0.1) is 5.10 Å². The molecule has 0 N–H and O–H groups in total. The number of likely N-dealkylation sites (N-methyl/N-ethyl adjacent to an activating group) is 1. The van der Waals surface area contributed by atoms with Gasteiger partial charge in [0.15, 0.2) is 17.3 Å². The van der Waals surface area contributed by atoms with Gasteiger partial charge in [-0.3, -0.25) is 14.4 Å². The standard InChI is InChI=1S/C38H53FN6O8/c1-9-41-21-25(4)45-31-30(33(50-8)32(45)36(41)48)35(47)44(40-34(31)42-15-17-43(18-16-42)37(49)53-38(5,6)7)22-26-13-14-27(39)20-28(26)51-19-11-10-12-29(46)52-23-24(2)3/h13-14,20,24-25H,9-12,15-19,21-23H2,1-8H3/t25-/m0/s1. The molecule has 5 rings (SSSR count). The zero-order valence-corrected chi connectivity index (χ0v) is 32.2. The number of anilines is 1. The van der Waals surface area contributed by atoms with E-state index >= 15 is 0 Å². The van der Waals surface area contributed by atoms with Gasteiger partial charge in [0.2, 0.25) is 0 Å². The summed E-state index contributed by atoms with van der Waals surface area (Å²) in [5.41, 5.74) is 0.170. The highest BCUT2D eigenvalue weighted by atomic mass is 19.1. The van der Waals surface area contributed by atoms with Gasteiger partial charge in [0, 0.05) is 63.4 Å². The molecule has 2 aromatic heterocycles. The van der Waals surface area contributed by atoms with Crippen LogP contribution in [0, 0.1) is 11.7 Å². The fraction of sp³-hybridized carbons (Fsp3) is 0.605. The topological polar surface area (TPSA) is 138 Å². The molecule has 0 spiro atoms. The first-order valence-electron chi connectivity index (χ1n) is 18.4. The van der Waals surface area contributed by atoms with Gasteiger partial charge in [-0.25, -0.2) is 13.9 Å². The first kappa shape index (κ1) is 39.4. The van der Waals surface area contributed by atoms with Crippen molar-refractivity contribution < 1.29 is 37.7 Å². The summed E-state index contributed by atoms with van der Waals surface area (Å²) in [5, 5.41) is 5.14. The van der Waals surface area contributed by atoms with E-state index in [0.29, 0.717) is 75.6 Å². The Bertz CT molecular complexity index is 1870. The predicted molar refractivity (Wildman–Crippen MR) is 197 cm³/mol. The van der Waals surface area contributed by atoms with E-state index in [1.807, 2.05) is 57.9 Å². The van der Waals surface area contributed by atoms with E-state index in [-0.39, 0.29) is 66.0 Å². The molecule has 14 nitrogen and oxygen atoms in total. The van der Waals surface area contributed by atoms with Gasteiger partial charge in [-0.1, -0.05) is 19.9 Å². The summed E-state index contributed by atoms with van der Waals surface area (Å²) in [6.45, 7) is 16.2. The maximum atomic E-state index is 14.5. The molecule has 0 aliphatic carbocycles. The van der Waals surface area contributed by atoms with Gasteiger partial charge in [-0.05, 0) is 59.4 Å². The zero-order valence-electron chi connectivity index (χ0n) is 32.2. The number of ether oxygens (including phenoxy) is 4. The fourth-order valence-corrected chi connectivity index (χ4v) is 6.65. The lowest BCUT2D eigenvalue weighted by molar-refractivity contribution is -0.144. The number of nitrogens with zero attached hydrogens (tertiary/aromatic N) is 6. The van der Waals surface area contributed by atoms with Gasteiger partial charge >= 0.3 is 12.1 Å². The summed E-state index contributed by atoms with van der Waals surface area (Å²) in [5.74, 6) is 0.124. The third-order valence-corrected chi connectivity index (χ3v) is 9.23. The summed E-state index contributed by atoms with van der Waals surface area (Å²) in [6, 6.07) is 3.93. The molecule has 1 saturated heterocycles. The smallest absolute Gasteiger partial charge is 0.410 e. The minimum atomic E-state index is -0.641. The highest BCUT2D eigenvalue weighted by Gasteiger charge is 2.39. The summed E-state index contributed by atoms with van der Waals surface area (Å²) in [7, 11) is 1.44. The lowest BCUT2D eigenvalue weighted by Gasteiger charge is -2.37. The van der Waals surface area contributed by atoms with Crippen LogP contribution in [0.3, 0.4) is 0 Å². The van der Waals surface area contributed by atoms with Crippen LogP contribution in [-0.2, 0) is 20.8 Å². The van der Waals surface area contributed by atoms with Gasteiger partial charge in [-0.2, -0.15) is 0 Å². The number of rotatable bonds is 13. The molecule has 0 unspecified atom stereocenters. The van der Waals surface area contributed by atoms with Crippen LogP contribution in [0.15, 0.2) is 23.0 Å². The molecule has 0 radical (unpaired) electrons. The first-order chi connectivity index (χ1) is 25.1. The number of amides is 2. The second-order valence-corrected chi connectivity index (χ2v) is 15.0. The lowest BCUT2D eigenvalue weighted by Crippen LogP contribution is -2.50. The second-order valence-electron chi connectivity index (χ2n) is 15.0. The molecule has 2 aliphatic rings. The predicted octanol–water partition coefficient (Wildman–Crippen LogP) is 5.24. The number of fused-ring (bicyclic) bond motifs is 3. The molecule has 4 heterocycles. The second kappa shape index (κ2) is 16.5. The van der Waals surface area contributed by atoms with E-state index in [2.05, 4.69) is 0 Å². The highest BCUT2D eigenvalue weighted by molar-refractivity contribution is 6.07. The number of benzene rings is 1. The lowest BCUT2D eigenvalue weighted by atomic mass is 10.2. The van der Waals surface area contributed by atoms with Crippen molar-refractivity contribution in [2.75, 3.05) is 64.5 Å². The Kier molecular flexibility index (Phi) is 12.2. The van der Waals surface area contributed by atoms with Crippen LogP contribution in [-0.4, -0.2) is 107 Å². The van der Waals surface area contributed by atoms with Gasteiger partial charge in [0.05, 0.1) is 26.9 Å². The summed E-state index contributed by atoms with van der Waals surface area (Å²) >= 11 is 0. The van der Waals surface area contributed by atoms with Crippen molar-refractivity contribution >= 4 is 34.7 Å². The quantitative estimate of drug-likeness (QED) is 0.169. The number of carbonyl (C=O) groups is 3. The van der Waals surface area contributed by atoms with Crippen molar-refractivity contribution in [2.45, 2.75) is 85.9 Å². The first-order valence-corrected chi connectivity index (χ1v) is 18.4. The largest absolute Gasteiger partial charge is 0.493 e. The number of carbonyl (C=O) groups excluding carboxylic acids is 3. The molecule has 1 aromatic carbocycles. The Balaban J connectivity index is 1.50. The molecule has 3 aromatic rings. The third-order valence-electron chi connectivity index (χ3n) is 9.23. The van der Waals surface area contributed by atoms with Crippen molar-refractivity contribution in [3.05, 3.63) is 45.6 Å². The van der Waals surface area contributed by atoms with Crippen molar-refractivity contribution in [2.24, 2.45) is 5.92 Å². The van der Waals surface area contributed by atoms with Crippen molar-refractivity contribution in [1.29, 1.82) is 0 Å². The van der Waals surface area contributed by atoms with Crippen LogP contribution in [0.2, 0.25) is 0 Å². The number of hydrogen-bond donors (Lipinski definition) is 0. The van der Waals surface area contributed by atoms with E-state index < -0.39 is 23.1 Å². The number of esters is 1. The molecular formula is C38H53FN6O8. The number of halogens is 1. The summed E-state index contributed by atoms with van der Waals surface area (Å²) in [4.78, 5) is 58.6. The third kappa shape index (κ3) is 8.87. The number of methoxy groups -OCH3 is 1. The van der Waals surface area contributed by atoms with Gasteiger partial charge in [0.25, 0.3) is 11.5 Å². The normalized spacial score (nSPS) is 16.3. The van der Waals surface area contributed by atoms with E-state index in [1.165, 1.54) is 23.9 Å². The molecule has 53 heavy (non-hydrogen) atoms. The minimum Gasteiger partial charge on any atom is -0.493 e. The van der Waals surface area contributed by atoms with E-state index in [0.717, 1.165) is 0 Å². The highest BCUT2D eigenvalue weighted by Crippen LogP contribution is 2.41. The summed E-state index contributed by atoms with van der Waals surface area (Å²) < 4.78 is 40.4. The Morgan fingerprint density at radius 2 is 1.79 bits per heavy atom. The van der Waals surface area contributed by atoms with Gasteiger partial charge < -0.3 is 38.2 Å². The van der Waals surface area contributed by atoms with E-state index in [4.69, 9.17) is 24.0 Å². The molecule has 0 saturated carbocycles. The number of piperazine rings is 1. The molecule has 15 heteroatoms. The summed E-state index contributed by atoms with van der Waals surface area (Å²) in [6.07, 6.45) is 0.914. The minimum absolute atomic E-state index is 0.0644. The van der Waals surface area contributed by atoms with Crippen molar-refractivity contribution in [3.63, 3.8) is 0 Å². The monoisotopic (exact) mass is 740 g/mol. The SMILES string of the molecule is CCN1C[C@H](C)n2c(c(OC)c3c(=O)n(Cc4ccc(F)cc4OCCCCC(=O)OCC(C)C)nc(N4CCN(C(=O)OC(C)(C)C)CC4)c32)C1=O. The molecule has 1 atom stereocenters. The van der Waals surface area contributed by atoms with Crippen LogP contribution >= 0.6 is 0 Å². The number of unbranched alkanes of at least 4 members (excludes halogenated alkanes) is 1. The van der Waals surface area contributed by atoms with Crippen LogP contribution in [0.1, 0.15) is 89.8 Å². The van der Waals surface area contributed by atoms with Crippen LogP contribution < -0.4 is 19.9 Å². The Labute approximate surface area is 309 Å². The Morgan fingerprint density at radius 1 is 1.08 bits per heavy atom. The van der Waals surface area contributed by atoms with Crippen LogP contribution in [0.4, 0.5) is 15.0 Å². The average molecular weight is 741 g/mol. The number of hydrogen-bond acceptors (Lipinski definition) is 10. The van der Waals surface area contributed by atoms with Crippen LogP contribution in [0.25, 0.3) is 10.9 Å². The van der Waals surface area contributed by atoms with Crippen molar-refractivity contribution in [1.82, 2.24) is 24.1 Å². The van der Waals surface area contributed by atoms with Crippen molar-refractivity contribution in [3.8, 4) is 11.5 Å². The maximum absolute atomic E-state index is 14.5. The van der Waals surface area contributed by atoms with E-state index in [1.54, 1.807) is 15.9 Å². The number of aromatic nitrogens is 3. The molecule has 2 aliphatic heterocycles. The molecular weight excluding hydrogens is 687 g/mol. The average Bonchev–Trinajstić information content (AvgIpc) is 3.47. The molecule has 290 valence electrons. The maximum Gasteiger partial charge on any atom is 0.410 e. The molecule has 1 fully saturated rings. The van der Waals surface area contributed by atoms with E-state index in [9.17, 15) is 23.6 Å². The Hall–Kier alpha value is -4.82. The Morgan fingerprint density at radius 3 is 2.43 bits per heavy atom. The molecule has 2 amide bonds.